The van der Waals surface area contributed by atoms with Gasteiger partial charge in [-0.25, -0.2) is 4.98 Å². The van der Waals surface area contributed by atoms with E-state index < -0.39 is 0 Å². The van der Waals surface area contributed by atoms with Crippen molar-refractivity contribution in [1.29, 1.82) is 0 Å². The number of carbonyl (C=O) groups is 1. The first-order valence-electron chi connectivity index (χ1n) is 11.0. The van der Waals surface area contributed by atoms with Gasteiger partial charge < -0.3 is 14.5 Å². The fourth-order valence-electron chi connectivity index (χ4n) is 3.66. The largest absolute Gasteiger partial charge is 0.483 e. The van der Waals surface area contributed by atoms with E-state index in [2.05, 4.69) is 36.3 Å². The van der Waals surface area contributed by atoms with Crippen LogP contribution in [0.5, 0.6) is 5.75 Å². The van der Waals surface area contributed by atoms with Crippen molar-refractivity contribution in [3.63, 3.8) is 0 Å². The summed E-state index contributed by atoms with van der Waals surface area (Å²) in [6.45, 7) is 8.21. The number of carbonyl (C=O) groups excluding carboxylic acids is 1. The van der Waals surface area contributed by atoms with Crippen molar-refractivity contribution in [1.82, 2.24) is 4.98 Å². The van der Waals surface area contributed by atoms with Gasteiger partial charge in [0.15, 0.2) is 12.2 Å². The Balaban J connectivity index is 1.51. The van der Waals surface area contributed by atoms with Gasteiger partial charge in [-0.2, -0.15) is 0 Å². The van der Waals surface area contributed by atoms with E-state index in [0.717, 1.165) is 34.2 Å². The van der Waals surface area contributed by atoms with Gasteiger partial charge in [-0.1, -0.05) is 49.2 Å². The van der Waals surface area contributed by atoms with E-state index >= 15 is 0 Å². The highest BCUT2D eigenvalue weighted by Gasteiger charge is 2.14. The Hall–Kier alpha value is -3.31. The van der Waals surface area contributed by atoms with E-state index in [1.807, 2.05) is 44.2 Å². The van der Waals surface area contributed by atoms with Crippen LogP contribution in [-0.4, -0.2) is 17.5 Å². The minimum Gasteiger partial charge on any atom is -0.483 e. The Morgan fingerprint density at radius 2 is 1.94 bits per heavy atom. The predicted molar refractivity (Wildman–Crippen MR) is 133 cm³/mol. The van der Waals surface area contributed by atoms with Gasteiger partial charge in [0.05, 0.1) is 10.7 Å². The molecule has 0 bridgehead atoms. The summed E-state index contributed by atoms with van der Waals surface area (Å²) in [4.78, 5) is 17.2. The Bertz CT molecular complexity index is 1310. The van der Waals surface area contributed by atoms with Crippen molar-refractivity contribution < 1.29 is 13.9 Å². The number of oxazole rings is 1. The Morgan fingerprint density at radius 3 is 2.70 bits per heavy atom. The van der Waals surface area contributed by atoms with Crippen LogP contribution < -0.4 is 10.1 Å². The number of halogens is 1. The first kappa shape index (κ1) is 22.9. The quantitative estimate of drug-likeness (QED) is 0.313. The maximum absolute atomic E-state index is 12.5. The average molecular weight is 463 g/mol. The lowest BCUT2D eigenvalue weighted by Gasteiger charge is -2.11. The molecule has 1 N–H and O–H groups in total. The van der Waals surface area contributed by atoms with Crippen LogP contribution in [0.2, 0.25) is 5.02 Å². The van der Waals surface area contributed by atoms with Crippen LogP contribution in [0.4, 0.5) is 5.69 Å². The molecule has 0 aliphatic heterocycles. The average Bonchev–Trinajstić information content (AvgIpc) is 3.23. The van der Waals surface area contributed by atoms with Crippen molar-refractivity contribution in [2.45, 2.75) is 40.0 Å². The second kappa shape index (κ2) is 9.67. The zero-order valence-corrected chi connectivity index (χ0v) is 20.0. The molecule has 0 saturated heterocycles. The first-order chi connectivity index (χ1) is 15.8. The lowest BCUT2D eigenvalue weighted by Crippen LogP contribution is -2.20. The number of fused-ring (bicyclic) bond motifs is 1. The Morgan fingerprint density at radius 1 is 1.12 bits per heavy atom. The van der Waals surface area contributed by atoms with Gasteiger partial charge in [0.25, 0.3) is 5.91 Å². The summed E-state index contributed by atoms with van der Waals surface area (Å²) in [6, 6.07) is 17.2. The van der Waals surface area contributed by atoms with Gasteiger partial charge in [0.2, 0.25) is 5.89 Å². The standard InChI is InChI=1S/C27H27ClN2O3/c1-5-17(3)19-8-11-25-23(13-19)30-27(33-25)20-7-9-21(28)22(14-20)29-26(31)15-32-24-10-6-16(2)12-18(24)4/h6-14,17H,5,15H2,1-4H3,(H,29,31)/t17-/m1/s1. The van der Waals surface area contributed by atoms with E-state index in [1.54, 1.807) is 12.1 Å². The summed E-state index contributed by atoms with van der Waals surface area (Å²) in [5.74, 6) is 1.31. The molecule has 0 aliphatic carbocycles. The lowest BCUT2D eigenvalue weighted by atomic mass is 9.98. The van der Waals surface area contributed by atoms with Crippen LogP contribution in [0.3, 0.4) is 0 Å². The summed E-state index contributed by atoms with van der Waals surface area (Å²) >= 11 is 6.33. The zero-order valence-electron chi connectivity index (χ0n) is 19.2. The highest BCUT2D eigenvalue weighted by molar-refractivity contribution is 6.33. The molecule has 0 radical (unpaired) electrons. The molecule has 1 heterocycles. The van der Waals surface area contributed by atoms with Crippen LogP contribution in [0, 0.1) is 13.8 Å². The van der Waals surface area contributed by atoms with Gasteiger partial charge >= 0.3 is 0 Å². The van der Waals surface area contributed by atoms with Gasteiger partial charge in [0, 0.05) is 5.56 Å². The number of nitrogens with zero attached hydrogens (tertiary/aromatic N) is 1. The molecule has 0 saturated carbocycles. The molecule has 0 fully saturated rings. The number of amides is 1. The lowest BCUT2D eigenvalue weighted by molar-refractivity contribution is -0.118. The maximum atomic E-state index is 12.5. The van der Waals surface area contributed by atoms with Gasteiger partial charge in [-0.3, -0.25) is 4.79 Å². The summed E-state index contributed by atoms with van der Waals surface area (Å²) in [5, 5.41) is 3.25. The van der Waals surface area contributed by atoms with Gasteiger partial charge in [-0.05, 0) is 73.7 Å². The number of hydrogen-bond donors (Lipinski definition) is 1. The van der Waals surface area contributed by atoms with Crippen molar-refractivity contribution >= 4 is 34.3 Å². The number of aromatic nitrogens is 1. The second-order valence-corrected chi connectivity index (χ2v) is 8.76. The van der Waals surface area contributed by atoms with Crippen LogP contribution in [-0.2, 0) is 4.79 Å². The van der Waals surface area contributed by atoms with Crippen molar-refractivity contribution in [3.8, 4) is 17.2 Å². The Labute approximate surface area is 198 Å². The monoisotopic (exact) mass is 462 g/mol. The number of aryl methyl sites for hydroxylation is 2. The third kappa shape index (κ3) is 5.20. The maximum Gasteiger partial charge on any atom is 0.262 e. The minimum atomic E-state index is -0.301. The van der Waals surface area contributed by atoms with Crippen molar-refractivity contribution in [2.75, 3.05) is 11.9 Å². The van der Waals surface area contributed by atoms with Crippen molar-refractivity contribution in [2.24, 2.45) is 0 Å². The number of ether oxygens (including phenoxy) is 1. The molecule has 0 unspecified atom stereocenters. The predicted octanol–water partition coefficient (Wildman–Crippen LogP) is 7.30. The molecule has 33 heavy (non-hydrogen) atoms. The summed E-state index contributed by atoms with van der Waals surface area (Å²) in [5.41, 5.74) is 6.10. The summed E-state index contributed by atoms with van der Waals surface area (Å²) in [7, 11) is 0. The molecule has 6 heteroatoms. The van der Waals surface area contributed by atoms with Crippen LogP contribution in [0.15, 0.2) is 59.0 Å². The third-order valence-corrected chi connectivity index (χ3v) is 6.10. The van der Waals surface area contributed by atoms with Gasteiger partial charge in [0.1, 0.15) is 11.3 Å². The molecule has 0 spiro atoms. The molecule has 4 aromatic rings. The number of anilines is 1. The second-order valence-electron chi connectivity index (χ2n) is 8.36. The number of rotatable bonds is 7. The van der Waals surface area contributed by atoms with Crippen molar-refractivity contribution in [3.05, 3.63) is 76.3 Å². The molecule has 1 aromatic heterocycles. The minimum absolute atomic E-state index is 0.119. The van der Waals surface area contributed by atoms with E-state index in [0.29, 0.717) is 28.3 Å². The molecule has 3 aromatic carbocycles. The highest BCUT2D eigenvalue weighted by Crippen LogP contribution is 2.32. The van der Waals surface area contributed by atoms with E-state index in [-0.39, 0.29) is 12.5 Å². The van der Waals surface area contributed by atoms with Crippen LogP contribution in [0.1, 0.15) is 42.9 Å². The molecular weight excluding hydrogens is 436 g/mol. The molecule has 1 atom stereocenters. The molecule has 0 aliphatic rings. The SMILES string of the molecule is CC[C@@H](C)c1ccc2oc(-c3ccc(Cl)c(NC(=O)COc4ccc(C)cc4C)c3)nc2c1. The molecule has 5 nitrogen and oxygen atoms in total. The van der Waals surface area contributed by atoms with E-state index in [4.69, 9.17) is 20.8 Å². The van der Waals surface area contributed by atoms with Crippen LogP contribution >= 0.6 is 11.6 Å². The fraction of sp³-hybridized carbons (Fsp3) is 0.259. The van der Waals surface area contributed by atoms with Gasteiger partial charge in [-0.15, -0.1) is 0 Å². The fourth-order valence-corrected chi connectivity index (χ4v) is 3.82. The van der Waals surface area contributed by atoms with Crippen LogP contribution in [0.25, 0.3) is 22.6 Å². The Kier molecular flexibility index (Phi) is 6.70. The smallest absolute Gasteiger partial charge is 0.262 e. The molecular formula is C27H27ClN2O3. The van der Waals surface area contributed by atoms with E-state index in [1.165, 1.54) is 5.56 Å². The normalized spacial score (nSPS) is 12.0. The molecule has 4 rings (SSSR count). The first-order valence-corrected chi connectivity index (χ1v) is 11.4. The highest BCUT2D eigenvalue weighted by atomic mass is 35.5. The molecule has 1 amide bonds. The third-order valence-electron chi connectivity index (χ3n) is 5.77. The molecule has 170 valence electrons. The number of hydrogen-bond acceptors (Lipinski definition) is 4. The number of nitrogens with one attached hydrogen (secondary N) is 1. The zero-order chi connectivity index (χ0) is 23.5. The summed E-state index contributed by atoms with van der Waals surface area (Å²) < 4.78 is 11.6. The topological polar surface area (TPSA) is 64.4 Å². The summed E-state index contributed by atoms with van der Waals surface area (Å²) in [6.07, 6.45) is 1.06. The number of benzene rings is 3. The van der Waals surface area contributed by atoms with E-state index in [9.17, 15) is 4.79 Å².